The second kappa shape index (κ2) is 10.8. The number of carbonyl (C=O) groups excluding carboxylic acids is 1. The van der Waals surface area contributed by atoms with Crippen LogP contribution in [0, 0.1) is 0 Å². The monoisotopic (exact) mass is 258 g/mol. The molecule has 0 aromatic heterocycles. The molecule has 0 aliphatic carbocycles. The summed E-state index contributed by atoms with van der Waals surface area (Å²) in [5.74, 6) is 0.426. The van der Waals surface area contributed by atoms with Crippen LogP contribution in [-0.2, 0) is 9.53 Å². The first-order valence-electron chi connectivity index (χ1n) is 6.46. The molecule has 0 rings (SSSR count). The highest BCUT2D eigenvalue weighted by Gasteiger charge is 2.13. The fraction of sp³-hybridized carbons (Fsp3) is 0.833. The predicted octanol–water partition coefficient (Wildman–Crippen LogP) is 0.232. The van der Waals surface area contributed by atoms with Gasteiger partial charge < -0.3 is 21.1 Å². The summed E-state index contributed by atoms with van der Waals surface area (Å²) in [7, 11) is 3.50. The van der Waals surface area contributed by atoms with E-state index in [1.165, 1.54) is 0 Å². The van der Waals surface area contributed by atoms with Crippen molar-refractivity contribution >= 4 is 11.9 Å². The summed E-state index contributed by atoms with van der Waals surface area (Å²) in [5.41, 5.74) is 5.73. The molecule has 4 N–H and O–H groups in total. The number of esters is 1. The number of carbonyl (C=O) groups is 1. The zero-order valence-electron chi connectivity index (χ0n) is 11.7. The minimum atomic E-state index is -0.528. The first kappa shape index (κ1) is 16.7. The highest BCUT2D eigenvalue weighted by molar-refractivity contribution is 5.79. The van der Waals surface area contributed by atoms with Crippen LogP contribution in [-0.4, -0.2) is 45.2 Å². The minimum Gasteiger partial charge on any atom is -0.465 e. The van der Waals surface area contributed by atoms with Gasteiger partial charge in [-0.25, -0.2) is 0 Å². The quantitative estimate of drug-likeness (QED) is 0.251. The van der Waals surface area contributed by atoms with Crippen LogP contribution in [0.2, 0.25) is 0 Å². The molecule has 18 heavy (non-hydrogen) atoms. The van der Waals surface area contributed by atoms with Crippen LogP contribution >= 0.6 is 0 Å². The van der Waals surface area contributed by atoms with Gasteiger partial charge in [0.25, 0.3) is 0 Å². The van der Waals surface area contributed by atoms with Gasteiger partial charge in [0.05, 0.1) is 6.61 Å². The molecule has 0 aromatic rings. The van der Waals surface area contributed by atoms with Gasteiger partial charge in [0.2, 0.25) is 0 Å². The van der Waals surface area contributed by atoms with Crippen LogP contribution in [0.25, 0.3) is 0 Å². The number of hydrogen-bond acceptors (Lipinski definition) is 4. The molecule has 0 aliphatic heterocycles. The van der Waals surface area contributed by atoms with Gasteiger partial charge in [0, 0.05) is 20.6 Å². The van der Waals surface area contributed by atoms with E-state index in [0.717, 1.165) is 31.8 Å². The Labute approximate surface area is 109 Å². The van der Waals surface area contributed by atoms with Crippen molar-refractivity contribution < 1.29 is 9.53 Å². The Morgan fingerprint density at radius 1 is 1.44 bits per heavy atom. The number of guanidine groups is 1. The van der Waals surface area contributed by atoms with Crippen LogP contribution < -0.4 is 16.4 Å². The van der Waals surface area contributed by atoms with E-state index in [4.69, 9.17) is 10.5 Å². The highest BCUT2D eigenvalue weighted by atomic mass is 16.5. The predicted molar refractivity (Wildman–Crippen MR) is 73.5 cm³/mol. The average Bonchev–Trinajstić information content (AvgIpc) is 2.38. The van der Waals surface area contributed by atoms with Crippen molar-refractivity contribution in [1.82, 2.24) is 10.6 Å². The van der Waals surface area contributed by atoms with Gasteiger partial charge in [-0.15, -0.1) is 0 Å². The Hall–Kier alpha value is -1.30. The number of hydrogen-bond donors (Lipinski definition) is 3. The Morgan fingerprint density at radius 2 is 2.17 bits per heavy atom. The van der Waals surface area contributed by atoms with Gasteiger partial charge >= 0.3 is 5.97 Å². The second-order valence-electron chi connectivity index (χ2n) is 4.02. The molecule has 0 heterocycles. The normalized spacial score (nSPS) is 13.0. The number of nitrogens with two attached hydrogens (primary N) is 1. The van der Waals surface area contributed by atoms with E-state index in [1.807, 2.05) is 6.92 Å². The number of nitrogens with zero attached hydrogens (tertiary/aromatic N) is 1. The van der Waals surface area contributed by atoms with Gasteiger partial charge in [-0.3, -0.25) is 9.79 Å². The molecule has 0 radical (unpaired) electrons. The van der Waals surface area contributed by atoms with Crippen molar-refractivity contribution in [2.45, 2.75) is 38.6 Å². The summed E-state index contributed by atoms with van der Waals surface area (Å²) >= 11 is 0. The zero-order chi connectivity index (χ0) is 13.8. The van der Waals surface area contributed by atoms with E-state index < -0.39 is 6.04 Å². The molecule has 0 saturated carbocycles. The number of ether oxygens (including phenoxy) is 1. The van der Waals surface area contributed by atoms with Crippen LogP contribution in [0.3, 0.4) is 0 Å². The smallest absolute Gasteiger partial charge is 0.322 e. The van der Waals surface area contributed by atoms with Crippen molar-refractivity contribution in [3.63, 3.8) is 0 Å². The molecule has 1 atom stereocenters. The SMILES string of the molecule is CCCCOC(=O)C(N)CCCNC(=NC)NC. The molecular weight excluding hydrogens is 232 g/mol. The van der Waals surface area contributed by atoms with Gasteiger partial charge in [-0.1, -0.05) is 13.3 Å². The lowest BCUT2D eigenvalue weighted by molar-refractivity contribution is -0.145. The summed E-state index contributed by atoms with van der Waals surface area (Å²) in [5, 5.41) is 6.01. The van der Waals surface area contributed by atoms with E-state index in [9.17, 15) is 4.79 Å². The summed E-state index contributed by atoms with van der Waals surface area (Å²) in [6, 6.07) is -0.528. The molecule has 1 unspecified atom stereocenters. The highest BCUT2D eigenvalue weighted by Crippen LogP contribution is 1.98. The van der Waals surface area contributed by atoms with Gasteiger partial charge in [0.1, 0.15) is 6.04 Å². The van der Waals surface area contributed by atoms with Crippen LogP contribution in [0.5, 0.6) is 0 Å². The summed E-state index contributed by atoms with van der Waals surface area (Å²) in [4.78, 5) is 15.4. The van der Waals surface area contributed by atoms with E-state index >= 15 is 0 Å². The van der Waals surface area contributed by atoms with E-state index in [2.05, 4.69) is 15.6 Å². The molecule has 6 nitrogen and oxygen atoms in total. The second-order valence-corrected chi connectivity index (χ2v) is 4.02. The molecule has 0 amide bonds. The van der Waals surface area contributed by atoms with Crippen LogP contribution in [0.1, 0.15) is 32.6 Å². The minimum absolute atomic E-state index is 0.304. The third-order valence-electron chi connectivity index (χ3n) is 2.49. The Bertz CT molecular complexity index is 256. The topological polar surface area (TPSA) is 88.7 Å². The molecule has 0 saturated heterocycles. The third kappa shape index (κ3) is 7.89. The molecular formula is C12H26N4O2. The summed E-state index contributed by atoms with van der Waals surface area (Å²) in [6.07, 6.45) is 3.30. The van der Waals surface area contributed by atoms with Gasteiger partial charge in [-0.05, 0) is 19.3 Å². The largest absolute Gasteiger partial charge is 0.465 e. The fourth-order valence-electron chi connectivity index (χ4n) is 1.35. The molecule has 106 valence electrons. The maximum absolute atomic E-state index is 11.5. The molecule has 0 aromatic carbocycles. The standard InChI is InChI=1S/C12H26N4O2/c1-4-5-9-18-11(17)10(13)7-6-8-16-12(14-2)15-3/h10H,4-9,13H2,1-3H3,(H2,14,15,16). The molecule has 0 spiro atoms. The lowest BCUT2D eigenvalue weighted by atomic mass is 10.2. The van der Waals surface area contributed by atoms with Crippen molar-refractivity contribution in [1.29, 1.82) is 0 Å². The van der Waals surface area contributed by atoms with Crippen molar-refractivity contribution in [2.75, 3.05) is 27.2 Å². The number of aliphatic imine (C=N–C) groups is 1. The lowest BCUT2D eigenvalue weighted by Gasteiger charge is -2.12. The van der Waals surface area contributed by atoms with Crippen LogP contribution in [0.15, 0.2) is 4.99 Å². The van der Waals surface area contributed by atoms with Gasteiger partial charge in [-0.2, -0.15) is 0 Å². The number of nitrogens with one attached hydrogen (secondary N) is 2. The van der Waals surface area contributed by atoms with Crippen molar-refractivity contribution in [2.24, 2.45) is 10.7 Å². The summed E-state index contributed by atoms with van der Waals surface area (Å²) < 4.78 is 5.04. The van der Waals surface area contributed by atoms with Gasteiger partial charge in [0.15, 0.2) is 5.96 Å². The Balaban J connectivity index is 3.63. The molecule has 0 fully saturated rings. The lowest BCUT2D eigenvalue weighted by Crippen LogP contribution is -2.37. The number of unbranched alkanes of at least 4 members (excludes halogenated alkanes) is 1. The fourth-order valence-corrected chi connectivity index (χ4v) is 1.35. The maximum atomic E-state index is 11.5. The van der Waals surface area contributed by atoms with E-state index in [-0.39, 0.29) is 5.97 Å². The maximum Gasteiger partial charge on any atom is 0.322 e. The molecule has 0 aliphatic rings. The molecule has 6 heteroatoms. The number of rotatable bonds is 8. The van der Waals surface area contributed by atoms with E-state index in [1.54, 1.807) is 14.1 Å². The Kier molecular flexibility index (Phi) is 10.0. The first-order valence-corrected chi connectivity index (χ1v) is 6.46. The van der Waals surface area contributed by atoms with Crippen LogP contribution in [0.4, 0.5) is 0 Å². The average molecular weight is 258 g/mol. The summed E-state index contributed by atoms with van der Waals surface area (Å²) in [6.45, 7) is 3.24. The van der Waals surface area contributed by atoms with Crippen molar-refractivity contribution in [3.05, 3.63) is 0 Å². The zero-order valence-corrected chi connectivity index (χ0v) is 11.7. The third-order valence-corrected chi connectivity index (χ3v) is 2.49. The van der Waals surface area contributed by atoms with Crippen molar-refractivity contribution in [3.8, 4) is 0 Å². The first-order chi connectivity index (χ1) is 8.65. The molecule has 0 bridgehead atoms. The van der Waals surface area contributed by atoms with E-state index in [0.29, 0.717) is 13.0 Å². The Morgan fingerprint density at radius 3 is 2.72 bits per heavy atom.